The van der Waals surface area contributed by atoms with Gasteiger partial charge in [-0.15, -0.1) is 0 Å². The highest BCUT2D eigenvalue weighted by molar-refractivity contribution is 7.99. The van der Waals surface area contributed by atoms with Crippen LogP contribution in [0.1, 0.15) is 27.9 Å². The van der Waals surface area contributed by atoms with Crippen LogP contribution in [-0.4, -0.2) is 35.7 Å². The van der Waals surface area contributed by atoms with Gasteiger partial charge in [-0.2, -0.15) is 11.8 Å². The van der Waals surface area contributed by atoms with Crippen molar-refractivity contribution < 1.29 is 9.90 Å². The fourth-order valence-electron chi connectivity index (χ4n) is 2.04. The molecule has 0 bridgehead atoms. The van der Waals surface area contributed by atoms with E-state index in [-0.39, 0.29) is 12.5 Å². The number of hydrogen-bond acceptors (Lipinski definition) is 4. The van der Waals surface area contributed by atoms with Crippen molar-refractivity contribution in [3.63, 3.8) is 0 Å². The predicted molar refractivity (Wildman–Crippen MR) is 78.3 cm³/mol. The largest absolute Gasteiger partial charge is 0.396 e. The minimum Gasteiger partial charge on any atom is -0.396 e. The third-order valence-corrected chi connectivity index (χ3v) is 4.15. The highest BCUT2D eigenvalue weighted by Gasteiger charge is 2.12. The number of thioether (sulfide) groups is 1. The average Bonchev–Trinajstić information content (AvgIpc) is 2.89. The summed E-state index contributed by atoms with van der Waals surface area (Å²) in [7, 11) is 0. The second-order valence-electron chi connectivity index (χ2n) is 4.53. The maximum atomic E-state index is 12.0. The van der Waals surface area contributed by atoms with E-state index in [2.05, 4.69) is 10.6 Å². The smallest absolute Gasteiger partial charge is 0.251 e. The van der Waals surface area contributed by atoms with E-state index in [0.717, 1.165) is 36.6 Å². The molecule has 3 N–H and O–H groups in total. The van der Waals surface area contributed by atoms with E-state index in [0.29, 0.717) is 6.54 Å². The van der Waals surface area contributed by atoms with Crippen molar-refractivity contribution in [2.75, 3.05) is 24.7 Å². The number of aliphatic hydroxyl groups excluding tert-OH is 1. The van der Waals surface area contributed by atoms with Crippen LogP contribution in [-0.2, 0) is 13.1 Å². The third-order valence-electron chi connectivity index (χ3n) is 3.08. The predicted octanol–water partition coefficient (Wildman–Crippen LogP) is 1.14. The molecule has 19 heavy (non-hydrogen) atoms. The topological polar surface area (TPSA) is 61.4 Å². The summed E-state index contributed by atoms with van der Waals surface area (Å²) in [6, 6.07) is 5.89. The first kappa shape index (κ1) is 14.4. The Labute approximate surface area is 118 Å². The van der Waals surface area contributed by atoms with Crippen molar-refractivity contribution in [2.24, 2.45) is 0 Å². The van der Waals surface area contributed by atoms with Crippen molar-refractivity contribution in [3.05, 3.63) is 34.9 Å². The number of carbonyl (C=O) groups excluding carboxylic acids is 1. The van der Waals surface area contributed by atoms with Crippen LogP contribution in [0.5, 0.6) is 0 Å². The number of fused-ring (bicyclic) bond motifs is 1. The van der Waals surface area contributed by atoms with Gasteiger partial charge in [0, 0.05) is 37.6 Å². The van der Waals surface area contributed by atoms with E-state index < -0.39 is 0 Å². The van der Waals surface area contributed by atoms with Crippen molar-refractivity contribution in [2.45, 2.75) is 19.5 Å². The lowest BCUT2D eigenvalue weighted by Gasteiger charge is -2.06. The Morgan fingerprint density at radius 3 is 3.00 bits per heavy atom. The second kappa shape index (κ2) is 7.53. The number of rotatable bonds is 7. The van der Waals surface area contributed by atoms with Gasteiger partial charge in [-0.3, -0.25) is 4.79 Å². The van der Waals surface area contributed by atoms with Crippen LogP contribution in [0.15, 0.2) is 18.2 Å². The lowest BCUT2D eigenvalue weighted by Crippen LogP contribution is -2.25. The summed E-state index contributed by atoms with van der Waals surface area (Å²) in [5, 5.41) is 14.8. The van der Waals surface area contributed by atoms with Gasteiger partial charge < -0.3 is 15.7 Å². The molecule has 4 nitrogen and oxygen atoms in total. The van der Waals surface area contributed by atoms with Crippen LogP contribution in [0, 0.1) is 0 Å². The molecule has 1 aliphatic heterocycles. The quantitative estimate of drug-likeness (QED) is 0.655. The highest BCUT2D eigenvalue weighted by Crippen LogP contribution is 2.16. The maximum Gasteiger partial charge on any atom is 0.251 e. The van der Waals surface area contributed by atoms with Crippen molar-refractivity contribution in [3.8, 4) is 0 Å². The summed E-state index contributed by atoms with van der Waals surface area (Å²) >= 11 is 1.75. The Hall–Kier alpha value is -1.04. The van der Waals surface area contributed by atoms with Gasteiger partial charge in [-0.25, -0.2) is 0 Å². The Kier molecular flexibility index (Phi) is 5.69. The number of benzene rings is 1. The fourth-order valence-corrected chi connectivity index (χ4v) is 2.83. The van der Waals surface area contributed by atoms with Gasteiger partial charge in [0.25, 0.3) is 5.91 Å². The molecular formula is C14H20N2O2S. The minimum absolute atomic E-state index is 0.00235. The second-order valence-corrected chi connectivity index (χ2v) is 5.76. The molecule has 0 fully saturated rings. The van der Waals surface area contributed by atoms with Crippen LogP contribution >= 0.6 is 11.8 Å². The Morgan fingerprint density at radius 2 is 2.16 bits per heavy atom. The van der Waals surface area contributed by atoms with Gasteiger partial charge in [0.2, 0.25) is 0 Å². The monoisotopic (exact) mass is 280 g/mol. The number of aliphatic hydroxyl groups is 1. The third kappa shape index (κ3) is 4.23. The van der Waals surface area contributed by atoms with E-state index in [1.54, 1.807) is 11.8 Å². The molecule has 1 aromatic rings. The zero-order chi connectivity index (χ0) is 13.5. The normalized spacial score (nSPS) is 13.3. The van der Waals surface area contributed by atoms with Gasteiger partial charge in [0.05, 0.1) is 0 Å². The summed E-state index contributed by atoms with van der Waals surface area (Å²) in [6.07, 6.45) is 0.816. The number of hydrogen-bond donors (Lipinski definition) is 3. The van der Waals surface area contributed by atoms with E-state index >= 15 is 0 Å². The average molecular weight is 280 g/mol. The molecular weight excluding hydrogens is 260 g/mol. The van der Waals surface area contributed by atoms with Crippen LogP contribution in [0.25, 0.3) is 0 Å². The molecule has 1 aromatic carbocycles. The molecule has 104 valence electrons. The van der Waals surface area contributed by atoms with Crippen LogP contribution < -0.4 is 10.6 Å². The lowest BCUT2D eigenvalue weighted by molar-refractivity contribution is 0.0956. The van der Waals surface area contributed by atoms with Gasteiger partial charge in [0.1, 0.15) is 0 Å². The molecule has 0 spiro atoms. The van der Waals surface area contributed by atoms with E-state index in [9.17, 15) is 4.79 Å². The van der Waals surface area contributed by atoms with Crippen LogP contribution in [0.3, 0.4) is 0 Å². The number of carbonyl (C=O) groups is 1. The molecule has 0 aromatic heterocycles. The van der Waals surface area contributed by atoms with E-state index in [4.69, 9.17) is 5.11 Å². The number of amides is 1. The first-order chi connectivity index (χ1) is 9.31. The summed E-state index contributed by atoms with van der Waals surface area (Å²) in [4.78, 5) is 12.0. The fraction of sp³-hybridized carbons (Fsp3) is 0.500. The molecule has 1 amide bonds. The first-order valence-electron chi connectivity index (χ1n) is 6.60. The Bertz CT molecular complexity index is 437. The molecule has 0 atom stereocenters. The number of nitrogens with one attached hydrogen (secondary N) is 2. The van der Waals surface area contributed by atoms with Crippen molar-refractivity contribution >= 4 is 17.7 Å². The standard InChI is InChI=1S/C14H20N2O2S/c17-5-1-6-19-7-4-16-14(18)11-2-3-12-9-15-10-13(12)8-11/h2-3,8,15,17H,1,4-7,9-10H2,(H,16,18). The van der Waals surface area contributed by atoms with Gasteiger partial charge in [0.15, 0.2) is 0 Å². The molecule has 1 heterocycles. The van der Waals surface area contributed by atoms with Gasteiger partial charge in [-0.1, -0.05) is 6.07 Å². The molecule has 0 radical (unpaired) electrons. The SMILES string of the molecule is O=C(NCCSCCCO)c1ccc2c(c1)CNC2. The zero-order valence-corrected chi connectivity index (χ0v) is 11.8. The molecule has 0 aliphatic carbocycles. The molecule has 0 unspecified atom stereocenters. The molecule has 1 aliphatic rings. The van der Waals surface area contributed by atoms with Crippen molar-refractivity contribution in [1.82, 2.24) is 10.6 Å². The Morgan fingerprint density at radius 1 is 1.32 bits per heavy atom. The Balaban J connectivity index is 1.74. The van der Waals surface area contributed by atoms with Gasteiger partial charge in [-0.05, 0) is 35.4 Å². The highest BCUT2D eigenvalue weighted by atomic mass is 32.2. The van der Waals surface area contributed by atoms with Crippen LogP contribution in [0.2, 0.25) is 0 Å². The van der Waals surface area contributed by atoms with Gasteiger partial charge >= 0.3 is 0 Å². The van der Waals surface area contributed by atoms with E-state index in [1.807, 2.05) is 18.2 Å². The summed E-state index contributed by atoms with van der Waals surface area (Å²) in [5.74, 6) is 1.83. The molecule has 0 saturated heterocycles. The summed E-state index contributed by atoms with van der Waals surface area (Å²) in [6.45, 7) is 2.67. The molecule has 0 saturated carbocycles. The van der Waals surface area contributed by atoms with Crippen LogP contribution in [0.4, 0.5) is 0 Å². The van der Waals surface area contributed by atoms with E-state index in [1.165, 1.54) is 11.1 Å². The molecule has 5 heteroatoms. The zero-order valence-electron chi connectivity index (χ0n) is 10.9. The minimum atomic E-state index is -0.00235. The first-order valence-corrected chi connectivity index (χ1v) is 7.76. The molecule has 2 rings (SSSR count). The van der Waals surface area contributed by atoms with Crippen molar-refractivity contribution in [1.29, 1.82) is 0 Å². The maximum absolute atomic E-state index is 12.0. The summed E-state index contributed by atoms with van der Waals surface area (Å²) in [5.41, 5.74) is 3.25. The lowest BCUT2D eigenvalue weighted by atomic mass is 10.1. The summed E-state index contributed by atoms with van der Waals surface area (Å²) < 4.78 is 0.